The molecule has 7 nitrogen and oxygen atoms in total. The van der Waals surface area contributed by atoms with Gasteiger partial charge in [-0.2, -0.15) is 0 Å². The van der Waals surface area contributed by atoms with E-state index in [-0.39, 0.29) is 0 Å². The van der Waals surface area contributed by atoms with E-state index in [9.17, 15) is 9.18 Å². The molecule has 30 heavy (non-hydrogen) atoms. The van der Waals surface area contributed by atoms with Crippen LogP contribution in [0.4, 0.5) is 15.0 Å². The van der Waals surface area contributed by atoms with Crippen LogP contribution >= 0.6 is 11.3 Å². The van der Waals surface area contributed by atoms with E-state index >= 15 is 0 Å². The Hall–Kier alpha value is -2.49. The van der Waals surface area contributed by atoms with E-state index in [0.717, 1.165) is 28.3 Å². The van der Waals surface area contributed by atoms with Crippen LogP contribution in [-0.4, -0.2) is 56.6 Å². The molecule has 0 spiro atoms. The Morgan fingerprint density at radius 3 is 3.10 bits per heavy atom. The van der Waals surface area contributed by atoms with E-state index in [0.29, 0.717) is 38.5 Å². The molecule has 0 saturated carbocycles. The molecule has 2 aliphatic rings. The van der Waals surface area contributed by atoms with Gasteiger partial charge in [-0.3, -0.25) is 5.32 Å². The Bertz CT molecular complexity index is 933. The van der Waals surface area contributed by atoms with E-state index in [1.165, 1.54) is 16.9 Å². The number of hydrogen-bond donors (Lipinski definition) is 3. The van der Waals surface area contributed by atoms with Crippen molar-refractivity contribution in [3.8, 4) is 16.3 Å². The Labute approximate surface area is 178 Å². The maximum atomic E-state index is 13.9. The number of thiazole rings is 1. The van der Waals surface area contributed by atoms with E-state index in [4.69, 9.17) is 9.47 Å². The molecule has 2 aliphatic heterocycles. The number of carbonyl (C=O) groups is 1. The van der Waals surface area contributed by atoms with Crippen LogP contribution in [0, 0.1) is 0 Å². The minimum Gasteiger partial charge on any atom is -0.496 e. The molecule has 160 valence electrons. The number of benzene rings is 1. The van der Waals surface area contributed by atoms with Gasteiger partial charge in [0.05, 0.1) is 26.4 Å². The van der Waals surface area contributed by atoms with Gasteiger partial charge < -0.3 is 20.1 Å². The van der Waals surface area contributed by atoms with E-state index in [1.807, 2.05) is 18.2 Å². The molecule has 0 radical (unpaired) electrons. The first-order valence-electron chi connectivity index (χ1n) is 9.97. The van der Waals surface area contributed by atoms with Gasteiger partial charge in [-0.25, -0.2) is 14.2 Å². The van der Waals surface area contributed by atoms with Crippen LogP contribution in [0.1, 0.15) is 18.4 Å². The Morgan fingerprint density at radius 2 is 2.33 bits per heavy atom. The van der Waals surface area contributed by atoms with Crippen molar-refractivity contribution < 1.29 is 18.7 Å². The smallest absolute Gasteiger partial charge is 0.320 e. The quantitative estimate of drug-likeness (QED) is 0.674. The third kappa shape index (κ3) is 4.80. The summed E-state index contributed by atoms with van der Waals surface area (Å²) in [4.78, 5) is 16.7. The highest BCUT2D eigenvalue weighted by atomic mass is 32.1. The molecule has 0 bridgehead atoms. The number of alkyl halides is 1. The minimum atomic E-state index is -1.04. The second-order valence-corrected chi connectivity index (χ2v) is 8.08. The van der Waals surface area contributed by atoms with Gasteiger partial charge >= 0.3 is 6.03 Å². The van der Waals surface area contributed by atoms with Crippen molar-refractivity contribution in [3.63, 3.8) is 0 Å². The number of anilines is 1. The number of nitrogens with zero attached hydrogens (tertiary/aromatic N) is 1. The van der Waals surface area contributed by atoms with Crippen molar-refractivity contribution in [1.82, 2.24) is 15.6 Å². The standard InChI is InChI=1S/C21H25FN4O3S/c1-28-18-10-14(2-3-15(18)13-5-8-29-9-6-13)20-25-19(12-30-20)26-21(27)24-17-11-23-7-4-16(17)22/h2-3,5,10,12,16-17,23H,4,6-9,11H2,1H3,(H2,24,26,27). The predicted molar refractivity (Wildman–Crippen MR) is 116 cm³/mol. The molecule has 2 amide bonds. The number of amides is 2. The molecule has 4 rings (SSSR count). The summed E-state index contributed by atoms with van der Waals surface area (Å²) in [7, 11) is 1.65. The summed E-state index contributed by atoms with van der Waals surface area (Å²) in [5.74, 6) is 1.21. The number of piperidine rings is 1. The third-order valence-electron chi connectivity index (χ3n) is 5.22. The van der Waals surface area contributed by atoms with Crippen LogP contribution in [-0.2, 0) is 4.74 Å². The number of ether oxygens (including phenoxy) is 2. The number of nitrogens with one attached hydrogen (secondary N) is 3. The summed E-state index contributed by atoms with van der Waals surface area (Å²) in [5, 5.41) is 11.0. The average molecular weight is 433 g/mol. The fourth-order valence-electron chi connectivity index (χ4n) is 3.61. The Kier molecular flexibility index (Phi) is 6.61. The molecule has 1 aromatic carbocycles. The van der Waals surface area contributed by atoms with Crippen molar-refractivity contribution in [2.24, 2.45) is 0 Å². The number of rotatable bonds is 5. The molecule has 2 unspecified atom stereocenters. The number of hydrogen-bond acceptors (Lipinski definition) is 6. The Morgan fingerprint density at radius 1 is 1.43 bits per heavy atom. The lowest BCUT2D eigenvalue weighted by atomic mass is 9.99. The van der Waals surface area contributed by atoms with Crippen molar-refractivity contribution in [2.45, 2.75) is 25.1 Å². The van der Waals surface area contributed by atoms with Crippen molar-refractivity contribution >= 4 is 28.8 Å². The molecule has 3 N–H and O–H groups in total. The lowest BCUT2D eigenvalue weighted by Gasteiger charge is -2.27. The van der Waals surface area contributed by atoms with Gasteiger partial charge in [0.15, 0.2) is 0 Å². The third-order valence-corrected chi connectivity index (χ3v) is 6.11. The molecular weight excluding hydrogens is 407 g/mol. The zero-order chi connectivity index (χ0) is 20.9. The number of aromatic nitrogens is 1. The van der Waals surface area contributed by atoms with Crippen LogP contribution < -0.4 is 20.7 Å². The van der Waals surface area contributed by atoms with Crippen LogP contribution in [0.3, 0.4) is 0 Å². The van der Waals surface area contributed by atoms with Crippen LogP contribution in [0.2, 0.25) is 0 Å². The molecule has 1 fully saturated rings. The average Bonchev–Trinajstić information content (AvgIpc) is 3.24. The van der Waals surface area contributed by atoms with Crippen molar-refractivity contribution in [2.75, 3.05) is 38.7 Å². The monoisotopic (exact) mass is 432 g/mol. The largest absolute Gasteiger partial charge is 0.496 e. The normalized spacial score (nSPS) is 21.6. The lowest BCUT2D eigenvalue weighted by Crippen LogP contribution is -2.53. The number of carbonyl (C=O) groups excluding carboxylic acids is 1. The first-order chi connectivity index (χ1) is 14.6. The van der Waals surface area contributed by atoms with Crippen LogP contribution in [0.5, 0.6) is 5.75 Å². The van der Waals surface area contributed by atoms with Crippen molar-refractivity contribution in [3.05, 3.63) is 35.2 Å². The van der Waals surface area contributed by atoms with Crippen molar-refractivity contribution in [1.29, 1.82) is 0 Å². The van der Waals surface area contributed by atoms with Gasteiger partial charge in [-0.15, -0.1) is 11.3 Å². The highest BCUT2D eigenvalue weighted by Gasteiger charge is 2.26. The second-order valence-electron chi connectivity index (χ2n) is 7.22. The molecule has 2 atom stereocenters. The van der Waals surface area contributed by atoms with Gasteiger partial charge in [0.2, 0.25) is 0 Å². The number of halogens is 1. The summed E-state index contributed by atoms with van der Waals surface area (Å²) >= 11 is 1.42. The lowest BCUT2D eigenvalue weighted by molar-refractivity contribution is 0.161. The highest BCUT2D eigenvalue weighted by Crippen LogP contribution is 2.35. The first-order valence-corrected chi connectivity index (χ1v) is 10.9. The summed E-state index contributed by atoms with van der Waals surface area (Å²) in [6.07, 6.45) is 2.29. The summed E-state index contributed by atoms with van der Waals surface area (Å²) < 4.78 is 24.9. The van der Waals surface area contributed by atoms with Gasteiger partial charge in [-0.05, 0) is 31.0 Å². The maximum absolute atomic E-state index is 13.9. The molecule has 3 heterocycles. The van der Waals surface area contributed by atoms with Gasteiger partial charge in [0, 0.05) is 23.1 Å². The second kappa shape index (κ2) is 9.55. The van der Waals surface area contributed by atoms with E-state index in [1.54, 1.807) is 12.5 Å². The molecular formula is C21H25FN4O3S. The van der Waals surface area contributed by atoms with Crippen LogP contribution in [0.15, 0.2) is 29.7 Å². The predicted octanol–water partition coefficient (Wildman–Crippen LogP) is 3.44. The molecule has 9 heteroatoms. The molecule has 1 aromatic heterocycles. The van der Waals surface area contributed by atoms with Gasteiger partial charge in [-0.1, -0.05) is 18.2 Å². The minimum absolute atomic E-state index is 0.396. The fraction of sp³-hybridized carbons (Fsp3) is 0.429. The first kappa shape index (κ1) is 20.8. The summed E-state index contributed by atoms with van der Waals surface area (Å²) in [6.45, 7) is 2.37. The maximum Gasteiger partial charge on any atom is 0.320 e. The van der Waals surface area contributed by atoms with E-state index in [2.05, 4.69) is 27.0 Å². The number of urea groups is 1. The summed E-state index contributed by atoms with van der Waals surface area (Å²) in [6, 6.07) is 4.99. The van der Waals surface area contributed by atoms with E-state index < -0.39 is 18.2 Å². The fourth-order valence-corrected chi connectivity index (χ4v) is 4.36. The van der Waals surface area contributed by atoms with Gasteiger partial charge in [0.1, 0.15) is 22.7 Å². The Balaban J connectivity index is 1.44. The number of methoxy groups -OCH3 is 1. The SMILES string of the molecule is COc1cc(-c2nc(NC(=O)NC3CNCCC3F)cs2)ccc1C1=CCOCC1. The molecule has 2 aromatic rings. The molecule has 0 aliphatic carbocycles. The summed E-state index contributed by atoms with van der Waals surface area (Å²) in [5.41, 5.74) is 3.17. The molecule has 1 saturated heterocycles. The zero-order valence-corrected chi connectivity index (χ0v) is 17.6. The van der Waals surface area contributed by atoms with Crippen LogP contribution in [0.25, 0.3) is 16.1 Å². The topological polar surface area (TPSA) is 84.5 Å². The zero-order valence-electron chi connectivity index (χ0n) is 16.7. The van der Waals surface area contributed by atoms with Gasteiger partial charge in [0.25, 0.3) is 0 Å². The highest BCUT2D eigenvalue weighted by molar-refractivity contribution is 7.13.